The molecule has 3 saturated heterocycles. The van der Waals surface area contributed by atoms with Crippen LogP contribution in [0.25, 0.3) is 0 Å². The molecule has 1 atom stereocenters. The van der Waals surface area contributed by atoms with E-state index >= 15 is 0 Å². The lowest BCUT2D eigenvalue weighted by atomic mass is 9.80. The largest absolute Gasteiger partial charge is 0.374 e. The SMILES string of the molecule is CN1CCCc2cc(C3=NO[C@@]4(CN5CCC4CC5)N3C)ccc21. The standard InChI is InChI=1S/C19H26N4O/c1-21-9-3-4-14-12-15(5-6-17(14)21)18-20-24-19(22(18)2)13-23-10-7-16(19)8-11-23/h5-6,12,16H,3-4,7-11,13H2,1-2H3/t19-/m1/s1. The van der Waals surface area contributed by atoms with Crippen LogP contribution in [-0.2, 0) is 11.3 Å². The summed E-state index contributed by atoms with van der Waals surface area (Å²) in [4.78, 5) is 13.3. The van der Waals surface area contributed by atoms with Crippen LogP contribution in [-0.4, -0.2) is 61.6 Å². The smallest absolute Gasteiger partial charge is 0.226 e. The highest BCUT2D eigenvalue weighted by atomic mass is 16.7. The Balaban J connectivity index is 1.46. The fraction of sp³-hybridized carbons (Fsp3) is 0.632. The van der Waals surface area contributed by atoms with E-state index < -0.39 is 0 Å². The maximum Gasteiger partial charge on any atom is 0.226 e. The number of nitrogens with zero attached hydrogens (tertiary/aromatic N) is 4. The second-order valence-electron chi connectivity index (χ2n) is 7.83. The van der Waals surface area contributed by atoms with Crippen molar-refractivity contribution in [2.24, 2.45) is 11.1 Å². The minimum Gasteiger partial charge on any atom is -0.374 e. The van der Waals surface area contributed by atoms with Gasteiger partial charge in [0, 0.05) is 37.8 Å². The number of rotatable bonds is 1. The van der Waals surface area contributed by atoms with Crippen LogP contribution < -0.4 is 4.90 Å². The van der Waals surface area contributed by atoms with Crippen molar-refractivity contribution in [2.45, 2.75) is 31.4 Å². The highest BCUT2D eigenvalue weighted by Crippen LogP contribution is 2.43. The van der Waals surface area contributed by atoms with E-state index in [1.807, 2.05) is 0 Å². The van der Waals surface area contributed by atoms with Gasteiger partial charge < -0.3 is 14.6 Å². The summed E-state index contributed by atoms with van der Waals surface area (Å²) < 4.78 is 0. The molecule has 128 valence electrons. The first-order valence-electron chi connectivity index (χ1n) is 9.24. The molecule has 0 N–H and O–H groups in total. The van der Waals surface area contributed by atoms with Crippen LogP contribution in [0.1, 0.15) is 30.4 Å². The van der Waals surface area contributed by atoms with Gasteiger partial charge in [-0.05, 0) is 62.5 Å². The maximum absolute atomic E-state index is 6.12. The van der Waals surface area contributed by atoms with Crippen molar-refractivity contribution in [3.05, 3.63) is 29.3 Å². The summed E-state index contributed by atoms with van der Waals surface area (Å²) in [5.74, 6) is 1.59. The van der Waals surface area contributed by atoms with Gasteiger partial charge in [-0.1, -0.05) is 5.16 Å². The van der Waals surface area contributed by atoms with Gasteiger partial charge in [-0.2, -0.15) is 0 Å². The minimum atomic E-state index is -0.238. The topological polar surface area (TPSA) is 31.3 Å². The molecule has 3 fully saturated rings. The maximum atomic E-state index is 6.12. The molecule has 2 bridgehead atoms. The first-order chi connectivity index (χ1) is 11.7. The van der Waals surface area contributed by atoms with Crippen molar-refractivity contribution in [3.63, 3.8) is 0 Å². The van der Waals surface area contributed by atoms with E-state index in [9.17, 15) is 0 Å². The third-order valence-corrected chi connectivity index (χ3v) is 6.54. The van der Waals surface area contributed by atoms with Gasteiger partial charge in [0.2, 0.25) is 5.72 Å². The molecule has 5 aliphatic rings. The Morgan fingerprint density at radius 2 is 2.00 bits per heavy atom. The molecule has 0 radical (unpaired) electrons. The molecule has 5 heterocycles. The average molecular weight is 326 g/mol. The Morgan fingerprint density at radius 1 is 1.17 bits per heavy atom. The van der Waals surface area contributed by atoms with Gasteiger partial charge in [-0.25, -0.2) is 0 Å². The summed E-state index contributed by atoms with van der Waals surface area (Å²) >= 11 is 0. The number of piperidine rings is 3. The van der Waals surface area contributed by atoms with Gasteiger partial charge in [0.25, 0.3) is 0 Å². The lowest BCUT2D eigenvalue weighted by Crippen LogP contribution is -2.65. The van der Waals surface area contributed by atoms with Gasteiger partial charge in [-0.15, -0.1) is 0 Å². The number of aryl methyl sites for hydroxylation is 1. The lowest BCUT2D eigenvalue weighted by Gasteiger charge is -2.52. The van der Waals surface area contributed by atoms with Crippen molar-refractivity contribution in [1.82, 2.24) is 9.80 Å². The molecule has 5 nitrogen and oxygen atoms in total. The van der Waals surface area contributed by atoms with Gasteiger partial charge in [0.1, 0.15) is 0 Å². The number of benzene rings is 1. The molecule has 0 aromatic heterocycles. The zero-order valence-corrected chi connectivity index (χ0v) is 14.7. The quantitative estimate of drug-likeness (QED) is 0.791. The highest BCUT2D eigenvalue weighted by Gasteiger charge is 2.55. The summed E-state index contributed by atoms with van der Waals surface area (Å²) in [6, 6.07) is 6.78. The van der Waals surface area contributed by atoms with Crippen LogP contribution in [0.5, 0.6) is 0 Å². The molecule has 24 heavy (non-hydrogen) atoms. The Hall–Kier alpha value is -1.75. The lowest BCUT2D eigenvalue weighted by molar-refractivity contribution is -0.190. The second kappa shape index (κ2) is 5.12. The van der Waals surface area contributed by atoms with Crippen LogP contribution in [0, 0.1) is 5.92 Å². The van der Waals surface area contributed by atoms with Crippen LogP contribution in [0.15, 0.2) is 23.4 Å². The summed E-state index contributed by atoms with van der Waals surface area (Å²) in [6.45, 7) is 4.56. The van der Waals surface area contributed by atoms with Gasteiger partial charge in [0.05, 0.1) is 6.54 Å². The Labute approximate surface area is 143 Å². The minimum absolute atomic E-state index is 0.238. The van der Waals surface area contributed by atoms with E-state index in [1.54, 1.807) is 0 Å². The molecule has 0 aliphatic carbocycles. The van der Waals surface area contributed by atoms with E-state index in [1.165, 1.54) is 49.2 Å². The van der Waals surface area contributed by atoms with Gasteiger partial charge in [0.15, 0.2) is 5.84 Å². The monoisotopic (exact) mass is 326 g/mol. The number of amidine groups is 1. The Bertz CT molecular complexity index is 695. The summed E-state index contributed by atoms with van der Waals surface area (Å²) in [5, 5.41) is 4.55. The number of oxime groups is 1. The number of hydrogen-bond donors (Lipinski definition) is 0. The normalized spacial score (nSPS) is 34.3. The zero-order valence-electron chi connectivity index (χ0n) is 14.7. The molecule has 5 heteroatoms. The molecule has 5 aliphatic heterocycles. The highest BCUT2D eigenvalue weighted by molar-refractivity contribution is 6.00. The number of fused-ring (bicyclic) bond motifs is 3. The Kier molecular flexibility index (Phi) is 3.11. The van der Waals surface area contributed by atoms with Crippen molar-refractivity contribution in [2.75, 3.05) is 45.2 Å². The molecule has 1 aromatic rings. The van der Waals surface area contributed by atoms with E-state index in [4.69, 9.17) is 4.84 Å². The van der Waals surface area contributed by atoms with Crippen LogP contribution >= 0.6 is 0 Å². The van der Waals surface area contributed by atoms with Crippen molar-refractivity contribution in [3.8, 4) is 0 Å². The van der Waals surface area contributed by atoms with Crippen LogP contribution in [0.4, 0.5) is 5.69 Å². The molecule has 0 amide bonds. The van der Waals surface area contributed by atoms with Crippen molar-refractivity contribution in [1.29, 1.82) is 0 Å². The van der Waals surface area contributed by atoms with Crippen LogP contribution in [0.3, 0.4) is 0 Å². The number of likely N-dealkylation sites (N-methyl/N-ethyl adjacent to an activating group) is 1. The third-order valence-electron chi connectivity index (χ3n) is 6.54. The third kappa shape index (κ3) is 1.94. The number of hydrogen-bond acceptors (Lipinski definition) is 5. The number of anilines is 1. The molecule has 1 aromatic carbocycles. The first kappa shape index (κ1) is 14.6. The molecule has 6 rings (SSSR count). The van der Waals surface area contributed by atoms with E-state index in [0.29, 0.717) is 5.92 Å². The second-order valence-corrected chi connectivity index (χ2v) is 7.83. The zero-order chi connectivity index (χ0) is 16.3. The predicted octanol–water partition coefficient (Wildman–Crippen LogP) is 2.11. The average Bonchev–Trinajstić information content (AvgIpc) is 2.92. The summed E-state index contributed by atoms with van der Waals surface area (Å²) in [5.41, 5.74) is 3.76. The van der Waals surface area contributed by atoms with Crippen LogP contribution in [0.2, 0.25) is 0 Å². The fourth-order valence-corrected chi connectivity index (χ4v) is 5.07. The molecular formula is C19H26N4O. The molecular weight excluding hydrogens is 300 g/mol. The van der Waals surface area contributed by atoms with E-state index in [2.05, 4.69) is 52.1 Å². The van der Waals surface area contributed by atoms with Crippen molar-refractivity contribution < 1.29 is 4.84 Å². The molecule has 1 spiro atoms. The summed E-state index contributed by atoms with van der Waals surface area (Å²) in [6.07, 6.45) is 4.84. The summed E-state index contributed by atoms with van der Waals surface area (Å²) in [7, 11) is 4.35. The fourth-order valence-electron chi connectivity index (χ4n) is 5.07. The van der Waals surface area contributed by atoms with E-state index in [-0.39, 0.29) is 5.72 Å². The van der Waals surface area contributed by atoms with E-state index in [0.717, 1.165) is 25.3 Å². The van der Waals surface area contributed by atoms with Gasteiger partial charge >= 0.3 is 0 Å². The predicted molar refractivity (Wildman–Crippen MR) is 95.3 cm³/mol. The van der Waals surface area contributed by atoms with Crippen molar-refractivity contribution >= 4 is 11.5 Å². The molecule has 0 unspecified atom stereocenters. The van der Waals surface area contributed by atoms with Gasteiger partial charge in [-0.3, -0.25) is 4.90 Å². The first-order valence-corrected chi connectivity index (χ1v) is 9.24. The molecule has 0 saturated carbocycles. The Morgan fingerprint density at radius 3 is 2.75 bits per heavy atom.